The molecule has 0 aliphatic heterocycles. The summed E-state index contributed by atoms with van der Waals surface area (Å²) in [4.78, 5) is 8.23. The highest BCUT2D eigenvalue weighted by Gasteiger charge is 2.50. The van der Waals surface area contributed by atoms with E-state index in [0.29, 0.717) is 10.6 Å². The Morgan fingerprint density at radius 2 is 1.75 bits per heavy atom. The molecule has 24 heavy (non-hydrogen) atoms. The van der Waals surface area contributed by atoms with Crippen LogP contribution in [-0.4, -0.2) is 28.8 Å². The van der Waals surface area contributed by atoms with Gasteiger partial charge in [-0.25, -0.2) is 9.13 Å². The van der Waals surface area contributed by atoms with Crippen molar-refractivity contribution in [2.24, 2.45) is 0 Å². The van der Waals surface area contributed by atoms with Gasteiger partial charge < -0.3 is 4.74 Å². The predicted molar refractivity (Wildman–Crippen MR) is 72.3 cm³/mol. The van der Waals surface area contributed by atoms with Crippen molar-refractivity contribution in [3.8, 4) is 17.1 Å². The van der Waals surface area contributed by atoms with Crippen molar-refractivity contribution in [2.75, 3.05) is 0 Å². The molecule has 0 radical (unpaired) electrons. The maximum absolute atomic E-state index is 13.2. The van der Waals surface area contributed by atoms with Crippen LogP contribution in [0.4, 0.5) is 26.3 Å². The maximum atomic E-state index is 13.2. The molecule has 0 saturated carbocycles. The summed E-state index contributed by atoms with van der Waals surface area (Å²) < 4.78 is 81.2. The molecule has 1 unspecified atom stereocenters. The molecule has 0 N–H and O–H groups in total. The van der Waals surface area contributed by atoms with Gasteiger partial charge in [-0.1, -0.05) is 0 Å². The molecule has 0 aromatic carbocycles. The lowest BCUT2D eigenvalue weighted by Gasteiger charge is -2.22. The Hall–Kier alpha value is -2.01. The van der Waals surface area contributed by atoms with Gasteiger partial charge in [0.2, 0.25) is 0 Å². The van der Waals surface area contributed by atoms with Crippen LogP contribution in [0.25, 0.3) is 11.4 Å². The van der Waals surface area contributed by atoms with Crippen molar-refractivity contribution in [3.63, 3.8) is 0 Å². The number of pyridine rings is 2. The highest BCUT2D eigenvalue weighted by molar-refractivity contribution is 7.80. The van der Waals surface area contributed by atoms with Gasteiger partial charge in [-0.3, -0.25) is 9.97 Å². The third-order valence-corrected chi connectivity index (χ3v) is 2.88. The van der Waals surface area contributed by atoms with Gasteiger partial charge in [-0.2, -0.15) is 8.78 Å². The van der Waals surface area contributed by atoms with E-state index >= 15 is 0 Å². The van der Waals surface area contributed by atoms with Crippen molar-refractivity contribution < 1.29 is 35.8 Å². The van der Waals surface area contributed by atoms with E-state index < -0.39 is 24.6 Å². The Bertz CT molecular complexity index is 696. The van der Waals surface area contributed by atoms with Crippen LogP contribution in [-0.2, 0) is 4.74 Å². The minimum Gasteiger partial charge on any atom is -0.427 e. The Kier molecular flexibility index (Phi) is 5.23. The summed E-state index contributed by atoms with van der Waals surface area (Å²) in [5.41, 5.74) is 0.600. The van der Waals surface area contributed by atoms with Gasteiger partial charge in [0, 0.05) is 11.1 Å². The smallest absolute Gasteiger partial charge is 0.427 e. The first-order valence-corrected chi connectivity index (χ1v) is 6.59. The SMILES string of the molecule is FC(OC(F)(F)F)C(F)(F)Oc1ccc(-c2ncccc2S)nc1. The van der Waals surface area contributed by atoms with Crippen molar-refractivity contribution in [1.82, 2.24) is 9.97 Å². The van der Waals surface area contributed by atoms with Crippen LogP contribution < -0.4 is 4.74 Å². The van der Waals surface area contributed by atoms with E-state index in [9.17, 15) is 26.3 Å². The molecule has 4 nitrogen and oxygen atoms in total. The van der Waals surface area contributed by atoms with Crippen LogP contribution in [0.2, 0.25) is 0 Å². The van der Waals surface area contributed by atoms with E-state index in [4.69, 9.17) is 0 Å². The highest BCUT2D eigenvalue weighted by Crippen LogP contribution is 2.32. The predicted octanol–water partition coefficient (Wildman–Crippen LogP) is 4.24. The first kappa shape index (κ1) is 18.3. The normalized spacial score (nSPS) is 13.6. The number of aromatic nitrogens is 2. The van der Waals surface area contributed by atoms with Gasteiger partial charge >= 0.3 is 18.8 Å². The van der Waals surface area contributed by atoms with Crippen LogP contribution in [0.3, 0.4) is 0 Å². The number of hydrogen-bond acceptors (Lipinski definition) is 5. The maximum Gasteiger partial charge on any atom is 0.525 e. The molecule has 11 heteroatoms. The third kappa shape index (κ3) is 4.74. The summed E-state index contributed by atoms with van der Waals surface area (Å²) in [6.07, 6.45) is -12.2. The summed E-state index contributed by atoms with van der Waals surface area (Å²) in [5, 5.41) is 0. The van der Waals surface area contributed by atoms with Gasteiger partial charge in [0.1, 0.15) is 11.4 Å². The molecule has 2 heterocycles. The molecule has 0 amide bonds. The van der Waals surface area contributed by atoms with Crippen LogP contribution in [0.1, 0.15) is 0 Å². The summed E-state index contributed by atoms with van der Waals surface area (Å²) in [6, 6.07) is 5.42. The Balaban J connectivity index is 2.12. The molecule has 2 aromatic rings. The molecular weight excluding hydrogens is 362 g/mol. The monoisotopic (exact) mass is 370 g/mol. The number of thiol groups is 1. The van der Waals surface area contributed by atoms with Gasteiger partial charge in [0.05, 0.1) is 11.9 Å². The molecule has 2 rings (SSSR count). The molecule has 0 saturated heterocycles. The lowest BCUT2D eigenvalue weighted by Crippen LogP contribution is -2.41. The van der Waals surface area contributed by atoms with Gasteiger partial charge in [0.15, 0.2) is 0 Å². The van der Waals surface area contributed by atoms with Crippen LogP contribution >= 0.6 is 12.6 Å². The van der Waals surface area contributed by atoms with Crippen molar-refractivity contribution in [3.05, 3.63) is 36.7 Å². The lowest BCUT2D eigenvalue weighted by molar-refractivity contribution is -0.411. The highest BCUT2D eigenvalue weighted by atomic mass is 32.1. The largest absolute Gasteiger partial charge is 0.525 e. The molecular formula is C13H8F6N2O2S. The second-order valence-electron chi connectivity index (χ2n) is 4.29. The minimum absolute atomic E-state index is 0.250. The van der Waals surface area contributed by atoms with Crippen molar-refractivity contribution in [1.29, 1.82) is 0 Å². The summed E-state index contributed by atoms with van der Waals surface area (Å²) in [6.45, 7) is 0. The molecule has 2 aromatic heterocycles. The summed E-state index contributed by atoms with van der Waals surface area (Å²) in [7, 11) is 0. The first-order chi connectivity index (χ1) is 11.1. The molecule has 1 atom stereocenters. The molecule has 130 valence electrons. The van der Waals surface area contributed by atoms with Crippen molar-refractivity contribution in [2.45, 2.75) is 23.7 Å². The zero-order chi connectivity index (χ0) is 18.0. The van der Waals surface area contributed by atoms with Gasteiger partial charge in [-0.05, 0) is 24.3 Å². The fourth-order valence-electron chi connectivity index (χ4n) is 1.56. The zero-order valence-corrected chi connectivity index (χ0v) is 12.4. The van der Waals surface area contributed by atoms with E-state index in [1.54, 1.807) is 12.1 Å². The molecule has 0 aliphatic carbocycles. The molecule has 0 fully saturated rings. The van der Waals surface area contributed by atoms with Gasteiger partial charge in [-0.15, -0.1) is 25.8 Å². The quantitative estimate of drug-likeness (QED) is 0.632. The fraction of sp³-hybridized carbons (Fsp3) is 0.231. The Labute approximate surface area is 136 Å². The molecule has 0 aliphatic rings. The number of halogens is 6. The second kappa shape index (κ2) is 6.85. The molecule has 0 spiro atoms. The Morgan fingerprint density at radius 1 is 1.04 bits per heavy atom. The summed E-state index contributed by atoms with van der Waals surface area (Å²) in [5.74, 6) is -0.659. The number of ether oxygens (including phenoxy) is 2. The van der Waals surface area contributed by atoms with E-state index in [2.05, 4.69) is 32.1 Å². The zero-order valence-electron chi connectivity index (χ0n) is 11.5. The third-order valence-electron chi connectivity index (χ3n) is 2.52. The van der Waals surface area contributed by atoms with Crippen LogP contribution in [0, 0.1) is 0 Å². The van der Waals surface area contributed by atoms with E-state index in [1.165, 1.54) is 12.3 Å². The average Bonchev–Trinajstić information content (AvgIpc) is 2.46. The average molecular weight is 370 g/mol. The topological polar surface area (TPSA) is 44.2 Å². The van der Waals surface area contributed by atoms with Crippen LogP contribution in [0.5, 0.6) is 5.75 Å². The summed E-state index contributed by atoms with van der Waals surface area (Å²) >= 11 is 4.14. The fourth-order valence-corrected chi connectivity index (χ4v) is 1.82. The van der Waals surface area contributed by atoms with Gasteiger partial charge in [0.25, 0.3) is 0 Å². The van der Waals surface area contributed by atoms with E-state index in [1.807, 2.05) is 0 Å². The van der Waals surface area contributed by atoms with E-state index in [-0.39, 0.29) is 5.69 Å². The number of nitrogens with zero attached hydrogens (tertiary/aromatic N) is 2. The minimum atomic E-state index is -5.57. The first-order valence-electron chi connectivity index (χ1n) is 6.14. The van der Waals surface area contributed by atoms with Crippen molar-refractivity contribution >= 4 is 12.6 Å². The Morgan fingerprint density at radius 3 is 2.29 bits per heavy atom. The lowest BCUT2D eigenvalue weighted by atomic mass is 10.2. The number of alkyl halides is 6. The second-order valence-corrected chi connectivity index (χ2v) is 4.78. The molecule has 0 bridgehead atoms. The van der Waals surface area contributed by atoms with Crippen LogP contribution in [0.15, 0.2) is 41.6 Å². The standard InChI is InChI=1S/C13H8F6N2O2S/c14-11(23-13(17,18)19)12(15,16)22-7-3-4-8(21-6-7)10-9(24)2-1-5-20-10/h1-6,11,24H. The number of rotatable bonds is 5. The van der Waals surface area contributed by atoms with E-state index in [0.717, 1.165) is 12.3 Å². The number of hydrogen-bond donors (Lipinski definition) is 1.